The molecule has 1 saturated heterocycles. The van der Waals surface area contributed by atoms with E-state index in [1.54, 1.807) is 12.1 Å². The van der Waals surface area contributed by atoms with Gasteiger partial charge in [0, 0.05) is 44.1 Å². The van der Waals surface area contributed by atoms with Gasteiger partial charge in [-0.05, 0) is 49.0 Å². The van der Waals surface area contributed by atoms with E-state index in [4.69, 9.17) is 0 Å². The molecule has 2 aromatic rings. The molecule has 0 aliphatic carbocycles. The molecule has 0 radical (unpaired) electrons. The van der Waals surface area contributed by atoms with Crippen molar-refractivity contribution in [2.24, 2.45) is 10.2 Å². The van der Waals surface area contributed by atoms with Crippen LogP contribution in [0.25, 0.3) is 0 Å². The first-order valence-corrected chi connectivity index (χ1v) is 10.0. The predicted molar refractivity (Wildman–Crippen MR) is 116 cm³/mol. The molecule has 2 aromatic carbocycles. The van der Waals surface area contributed by atoms with Gasteiger partial charge < -0.3 is 25.5 Å². The molecule has 0 amide bonds. The third-order valence-electron chi connectivity index (χ3n) is 5.40. The van der Waals surface area contributed by atoms with Crippen molar-refractivity contribution in [1.82, 2.24) is 10.2 Å². The van der Waals surface area contributed by atoms with Crippen LogP contribution in [-0.2, 0) is 11.3 Å². The Kier molecular flexibility index (Phi) is 5.94. The summed E-state index contributed by atoms with van der Waals surface area (Å²) in [6, 6.07) is 15.1. The fourth-order valence-electron chi connectivity index (χ4n) is 3.52. The number of likely N-dealkylation sites (N-methyl/N-ethyl adjacent to an activating group) is 1. The predicted octanol–water partition coefficient (Wildman–Crippen LogP) is 2.55. The normalized spacial score (nSPS) is 19.2. The molecule has 8 heteroatoms. The molecule has 8 nitrogen and oxygen atoms in total. The van der Waals surface area contributed by atoms with Gasteiger partial charge in [-0.15, -0.1) is 5.11 Å². The van der Waals surface area contributed by atoms with Crippen LogP contribution >= 0.6 is 0 Å². The van der Waals surface area contributed by atoms with Crippen LogP contribution in [0.15, 0.2) is 70.2 Å². The molecule has 1 fully saturated rings. The van der Waals surface area contributed by atoms with Crippen molar-refractivity contribution < 1.29 is 9.90 Å². The van der Waals surface area contributed by atoms with E-state index in [0.29, 0.717) is 17.9 Å². The van der Waals surface area contributed by atoms with Crippen LogP contribution in [0.3, 0.4) is 0 Å². The maximum absolute atomic E-state index is 11.7. The maximum Gasteiger partial charge on any atom is 0.172 e. The van der Waals surface area contributed by atoms with Crippen LogP contribution in [0, 0.1) is 0 Å². The van der Waals surface area contributed by atoms with Crippen LogP contribution in [-0.4, -0.2) is 55.7 Å². The zero-order chi connectivity index (χ0) is 20.9. The number of benzene rings is 2. The fraction of sp³-hybridized carbons (Fsp3) is 0.318. The van der Waals surface area contributed by atoms with Gasteiger partial charge in [0.2, 0.25) is 0 Å². The molecule has 0 saturated carbocycles. The lowest BCUT2D eigenvalue weighted by Crippen LogP contribution is -2.44. The highest BCUT2D eigenvalue weighted by atomic mass is 16.3. The summed E-state index contributed by atoms with van der Waals surface area (Å²) in [7, 11) is 2.15. The van der Waals surface area contributed by atoms with Crippen LogP contribution < -0.4 is 15.5 Å². The summed E-state index contributed by atoms with van der Waals surface area (Å²) in [5, 5.41) is 24.1. The van der Waals surface area contributed by atoms with E-state index in [2.05, 4.69) is 49.8 Å². The summed E-state index contributed by atoms with van der Waals surface area (Å²) in [6.07, 6.45) is 0.273. The second kappa shape index (κ2) is 8.96. The number of hydrogen-bond donors (Lipinski definition) is 3. The summed E-state index contributed by atoms with van der Waals surface area (Å²) in [5.41, 5.74) is 3.52. The molecule has 2 heterocycles. The van der Waals surface area contributed by atoms with Gasteiger partial charge in [-0.25, -0.2) is 0 Å². The number of phenols is 1. The number of carbonyl (C=O) groups excluding carboxylic acids is 1. The lowest BCUT2D eigenvalue weighted by atomic mass is 10.2. The van der Waals surface area contributed by atoms with Crippen LogP contribution in [0.1, 0.15) is 5.56 Å². The lowest BCUT2D eigenvalue weighted by molar-refractivity contribution is -0.105. The molecule has 2 aliphatic heterocycles. The van der Waals surface area contributed by atoms with Crippen molar-refractivity contribution in [2.45, 2.75) is 12.7 Å². The van der Waals surface area contributed by atoms with E-state index in [9.17, 15) is 9.90 Å². The molecule has 4 rings (SSSR count). The molecule has 1 unspecified atom stereocenters. The summed E-state index contributed by atoms with van der Waals surface area (Å²) < 4.78 is 0. The molecule has 30 heavy (non-hydrogen) atoms. The average Bonchev–Trinajstić information content (AvgIpc) is 3.16. The second-order valence-corrected chi connectivity index (χ2v) is 7.54. The minimum atomic E-state index is -0.515. The molecule has 1 atom stereocenters. The van der Waals surface area contributed by atoms with Crippen molar-refractivity contribution in [3.8, 4) is 5.75 Å². The van der Waals surface area contributed by atoms with Gasteiger partial charge in [-0.1, -0.05) is 12.1 Å². The topological polar surface area (TPSA) is 92.6 Å². The minimum absolute atomic E-state index is 0.218. The van der Waals surface area contributed by atoms with Gasteiger partial charge in [-0.2, -0.15) is 5.11 Å². The number of aromatic hydroxyl groups is 1. The highest BCUT2D eigenvalue weighted by molar-refractivity contribution is 5.78. The van der Waals surface area contributed by atoms with Crippen molar-refractivity contribution in [1.29, 1.82) is 0 Å². The van der Waals surface area contributed by atoms with Gasteiger partial charge in [-0.3, -0.25) is 4.79 Å². The molecule has 2 aliphatic rings. The summed E-state index contributed by atoms with van der Waals surface area (Å²) in [5.74, 6) is 0.680. The minimum Gasteiger partial charge on any atom is -0.508 e. The Morgan fingerprint density at radius 2 is 1.77 bits per heavy atom. The number of carbonyl (C=O) groups is 1. The van der Waals surface area contributed by atoms with Crippen molar-refractivity contribution in [3.63, 3.8) is 0 Å². The Hall–Kier alpha value is -3.39. The molecule has 0 bridgehead atoms. The Bertz CT molecular complexity index is 931. The van der Waals surface area contributed by atoms with E-state index in [0.717, 1.165) is 43.7 Å². The Morgan fingerprint density at radius 3 is 2.43 bits per heavy atom. The number of hydrogen-bond acceptors (Lipinski definition) is 8. The van der Waals surface area contributed by atoms with Crippen molar-refractivity contribution in [2.75, 3.05) is 43.4 Å². The Balaban J connectivity index is 1.37. The molecule has 0 spiro atoms. The Labute approximate surface area is 175 Å². The lowest BCUT2D eigenvalue weighted by Gasteiger charge is -2.34. The van der Waals surface area contributed by atoms with Gasteiger partial charge in [0.25, 0.3) is 0 Å². The number of azo groups is 1. The third-order valence-corrected chi connectivity index (χ3v) is 5.40. The van der Waals surface area contributed by atoms with Gasteiger partial charge in [0.05, 0.1) is 5.57 Å². The largest absolute Gasteiger partial charge is 0.508 e. The smallest absolute Gasteiger partial charge is 0.172 e. The van der Waals surface area contributed by atoms with Crippen LogP contribution in [0.4, 0.5) is 11.4 Å². The maximum atomic E-state index is 11.7. The standard InChI is InChI=1S/C22H26N6O2/c1-27-10-12-28(13-11-27)18-6-4-17(5-7-18)24-22-20(15-29)21(25-26-22)23-14-16-2-8-19(30)9-3-16/h2-9,15,22-24,30H,10-14H2,1H3. The first-order valence-electron chi connectivity index (χ1n) is 10.0. The van der Waals surface area contributed by atoms with E-state index in [-0.39, 0.29) is 5.75 Å². The number of nitrogens with zero attached hydrogens (tertiary/aromatic N) is 4. The molecule has 3 N–H and O–H groups in total. The number of aldehydes is 1. The van der Waals surface area contributed by atoms with E-state index >= 15 is 0 Å². The van der Waals surface area contributed by atoms with Gasteiger partial charge in [0.15, 0.2) is 18.3 Å². The zero-order valence-electron chi connectivity index (χ0n) is 17.0. The third kappa shape index (κ3) is 4.60. The number of rotatable bonds is 7. The van der Waals surface area contributed by atoms with Crippen LogP contribution in [0.5, 0.6) is 5.75 Å². The van der Waals surface area contributed by atoms with Crippen molar-refractivity contribution in [3.05, 3.63) is 65.5 Å². The number of anilines is 2. The Morgan fingerprint density at radius 1 is 1.07 bits per heavy atom. The van der Waals surface area contributed by atoms with E-state index in [1.807, 2.05) is 24.3 Å². The number of phenolic OH excluding ortho intramolecular Hbond substituents is 1. The highest BCUT2D eigenvalue weighted by Crippen LogP contribution is 2.24. The first-order chi connectivity index (χ1) is 14.6. The number of nitrogens with one attached hydrogen (secondary N) is 2. The SMILES string of the molecule is CN1CCN(c2ccc(NC3N=NC(NCc4ccc(O)cc4)=C3C=O)cc2)CC1. The molecular formula is C22H26N6O2. The summed E-state index contributed by atoms with van der Waals surface area (Å²) in [6.45, 7) is 4.66. The fourth-order valence-corrected chi connectivity index (χ4v) is 3.52. The molecule has 0 aromatic heterocycles. The monoisotopic (exact) mass is 406 g/mol. The van der Waals surface area contributed by atoms with Crippen LogP contribution in [0.2, 0.25) is 0 Å². The molecule has 156 valence electrons. The van der Waals surface area contributed by atoms with Crippen molar-refractivity contribution >= 4 is 17.7 Å². The second-order valence-electron chi connectivity index (χ2n) is 7.54. The number of piperazine rings is 1. The summed E-state index contributed by atoms with van der Waals surface area (Å²) >= 11 is 0. The van der Waals surface area contributed by atoms with Gasteiger partial charge >= 0.3 is 0 Å². The van der Waals surface area contributed by atoms with E-state index < -0.39 is 6.17 Å². The van der Waals surface area contributed by atoms with E-state index in [1.165, 1.54) is 5.69 Å². The van der Waals surface area contributed by atoms with Gasteiger partial charge in [0.1, 0.15) is 5.75 Å². The molecular weight excluding hydrogens is 380 g/mol. The average molecular weight is 406 g/mol. The first kappa shape index (κ1) is 19.9. The zero-order valence-corrected chi connectivity index (χ0v) is 17.0. The summed E-state index contributed by atoms with van der Waals surface area (Å²) in [4.78, 5) is 16.4. The highest BCUT2D eigenvalue weighted by Gasteiger charge is 2.24. The quantitative estimate of drug-likeness (QED) is 0.612.